The normalized spacial score (nSPS) is 22.1. The standard InChI is InChI=1S/C13H26N2O2/c1-16-8-7-15(12-5-6-12)13(10-17-2)9-14-11-3-4-11/h11-14H,3-10H2,1-2H3. The summed E-state index contributed by atoms with van der Waals surface area (Å²) < 4.78 is 10.6. The van der Waals surface area contributed by atoms with Gasteiger partial charge in [0.15, 0.2) is 0 Å². The molecule has 2 saturated carbocycles. The topological polar surface area (TPSA) is 33.7 Å². The molecule has 1 unspecified atom stereocenters. The first-order chi connectivity index (χ1) is 8.35. The Morgan fingerprint density at radius 3 is 2.47 bits per heavy atom. The van der Waals surface area contributed by atoms with Crippen LogP contribution < -0.4 is 5.32 Å². The summed E-state index contributed by atoms with van der Waals surface area (Å²) in [5.41, 5.74) is 0. The molecule has 0 aromatic carbocycles. The predicted molar refractivity (Wildman–Crippen MR) is 68.3 cm³/mol. The van der Waals surface area contributed by atoms with Crippen molar-refractivity contribution < 1.29 is 9.47 Å². The second-order valence-electron chi connectivity index (χ2n) is 5.25. The summed E-state index contributed by atoms with van der Waals surface area (Å²) in [4.78, 5) is 2.57. The summed E-state index contributed by atoms with van der Waals surface area (Å²) in [5.74, 6) is 0. The van der Waals surface area contributed by atoms with E-state index in [9.17, 15) is 0 Å². The van der Waals surface area contributed by atoms with Crippen molar-refractivity contribution in [3.63, 3.8) is 0 Å². The fourth-order valence-electron chi connectivity index (χ4n) is 2.32. The highest BCUT2D eigenvalue weighted by Crippen LogP contribution is 2.28. The minimum atomic E-state index is 0.503. The van der Waals surface area contributed by atoms with Gasteiger partial charge < -0.3 is 14.8 Å². The smallest absolute Gasteiger partial charge is 0.0630 e. The van der Waals surface area contributed by atoms with E-state index in [1.165, 1.54) is 25.7 Å². The fourth-order valence-corrected chi connectivity index (χ4v) is 2.32. The molecule has 17 heavy (non-hydrogen) atoms. The molecule has 4 heteroatoms. The summed E-state index contributed by atoms with van der Waals surface area (Å²) >= 11 is 0. The lowest BCUT2D eigenvalue weighted by Gasteiger charge is -2.31. The largest absolute Gasteiger partial charge is 0.383 e. The van der Waals surface area contributed by atoms with Crippen LogP contribution >= 0.6 is 0 Å². The van der Waals surface area contributed by atoms with E-state index in [0.29, 0.717) is 6.04 Å². The summed E-state index contributed by atoms with van der Waals surface area (Å²) in [6.45, 7) is 3.72. The number of methoxy groups -OCH3 is 2. The molecule has 0 aromatic heterocycles. The van der Waals surface area contributed by atoms with E-state index >= 15 is 0 Å². The maximum Gasteiger partial charge on any atom is 0.0630 e. The molecule has 2 rings (SSSR count). The second-order valence-corrected chi connectivity index (χ2v) is 5.25. The third kappa shape index (κ3) is 4.54. The first-order valence-electron chi connectivity index (χ1n) is 6.82. The van der Waals surface area contributed by atoms with Crippen molar-refractivity contribution in [2.75, 3.05) is 40.5 Å². The van der Waals surface area contributed by atoms with Crippen LogP contribution in [-0.4, -0.2) is 63.5 Å². The Kier molecular flexibility index (Phi) is 5.22. The van der Waals surface area contributed by atoms with Crippen LogP contribution in [0.4, 0.5) is 0 Å². The molecule has 0 radical (unpaired) electrons. The maximum absolute atomic E-state index is 5.37. The molecular formula is C13H26N2O2. The summed E-state index contributed by atoms with van der Waals surface area (Å²) in [5, 5.41) is 3.62. The predicted octanol–water partition coefficient (Wildman–Crippen LogP) is 0.864. The minimum absolute atomic E-state index is 0.503. The molecule has 0 spiro atoms. The van der Waals surface area contributed by atoms with Crippen LogP contribution in [0.25, 0.3) is 0 Å². The molecule has 0 amide bonds. The Morgan fingerprint density at radius 1 is 1.18 bits per heavy atom. The number of ether oxygens (including phenoxy) is 2. The lowest BCUT2D eigenvalue weighted by Crippen LogP contribution is -2.48. The third-order valence-electron chi connectivity index (χ3n) is 3.62. The third-order valence-corrected chi connectivity index (χ3v) is 3.62. The van der Waals surface area contributed by atoms with Crippen LogP contribution in [-0.2, 0) is 9.47 Å². The molecule has 0 aliphatic heterocycles. The van der Waals surface area contributed by atoms with Gasteiger partial charge in [0, 0.05) is 45.4 Å². The van der Waals surface area contributed by atoms with Crippen molar-refractivity contribution in [2.45, 2.75) is 43.8 Å². The number of nitrogens with one attached hydrogen (secondary N) is 1. The van der Waals surface area contributed by atoms with Crippen LogP contribution in [0.5, 0.6) is 0 Å². The highest BCUT2D eigenvalue weighted by Gasteiger charge is 2.34. The molecule has 0 aromatic rings. The van der Waals surface area contributed by atoms with E-state index in [0.717, 1.165) is 38.4 Å². The molecule has 100 valence electrons. The van der Waals surface area contributed by atoms with E-state index in [2.05, 4.69) is 10.2 Å². The molecule has 0 bridgehead atoms. The van der Waals surface area contributed by atoms with E-state index in [1.54, 1.807) is 14.2 Å². The Labute approximate surface area is 105 Å². The van der Waals surface area contributed by atoms with Crippen molar-refractivity contribution in [2.24, 2.45) is 0 Å². The molecule has 0 heterocycles. The monoisotopic (exact) mass is 242 g/mol. The van der Waals surface area contributed by atoms with Crippen molar-refractivity contribution in [3.8, 4) is 0 Å². The van der Waals surface area contributed by atoms with E-state index in [1.807, 2.05) is 0 Å². The van der Waals surface area contributed by atoms with Crippen LogP contribution in [0.3, 0.4) is 0 Å². The van der Waals surface area contributed by atoms with E-state index in [4.69, 9.17) is 9.47 Å². The van der Waals surface area contributed by atoms with Crippen LogP contribution in [0.15, 0.2) is 0 Å². The van der Waals surface area contributed by atoms with Gasteiger partial charge in [-0.25, -0.2) is 0 Å². The van der Waals surface area contributed by atoms with Gasteiger partial charge in [0.25, 0.3) is 0 Å². The average Bonchev–Trinajstić information content (AvgIpc) is 3.17. The maximum atomic E-state index is 5.37. The van der Waals surface area contributed by atoms with Crippen molar-refractivity contribution >= 4 is 0 Å². The molecule has 4 nitrogen and oxygen atoms in total. The van der Waals surface area contributed by atoms with Crippen LogP contribution in [0, 0.1) is 0 Å². The van der Waals surface area contributed by atoms with Gasteiger partial charge in [0.1, 0.15) is 0 Å². The molecule has 2 aliphatic carbocycles. The first-order valence-corrected chi connectivity index (χ1v) is 6.82. The zero-order valence-corrected chi connectivity index (χ0v) is 11.2. The first kappa shape index (κ1) is 13.3. The van der Waals surface area contributed by atoms with Gasteiger partial charge in [0.2, 0.25) is 0 Å². The number of rotatable bonds is 10. The van der Waals surface area contributed by atoms with E-state index < -0.39 is 0 Å². The van der Waals surface area contributed by atoms with Crippen LogP contribution in [0.2, 0.25) is 0 Å². The van der Waals surface area contributed by atoms with Crippen LogP contribution in [0.1, 0.15) is 25.7 Å². The van der Waals surface area contributed by atoms with Gasteiger partial charge in [-0.15, -0.1) is 0 Å². The Hall–Kier alpha value is -0.160. The SMILES string of the molecule is COCCN(C1CC1)C(CNC1CC1)COC. The lowest BCUT2D eigenvalue weighted by atomic mass is 10.2. The molecule has 1 atom stereocenters. The van der Waals surface area contributed by atoms with Gasteiger partial charge in [-0.1, -0.05) is 0 Å². The number of hydrogen-bond donors (Lipinski definition) is 1. The highest BCUT2D eigenvalue weighted by molar-refractivity contribution is 4.91. The van der Waals surface area contributed by atoms with Gasteiger partial charge in [-0.2, -0.15) is 0 Å². The molecule has 1 N–H and O–H groups in total. The second kappa shape index (κ2) is 6.69. The zero-order valence-electron chi connectivity index (χ0n) is 11.2. The quantitative estimate of drug-likeness (QED) is 0.616. The summed E-state index contributed by atoms with van der Waals surface area (Å²) in [6, 6.07) is 2.05. The Bertz CT molecular complexity index is 217. The summed E-state index contributed by atoms with van der Waals surface area (Å²) in [7, 11) is 3.57. The van der Waals surface area contributed by atoms with Crippen molar-refractivity contribution in [1.29, 1.82) is 0 Å². The number of nitrogens with zero attached hydrogens (tertiary/aromatic N) is 1. The zero-order chi connectivity index (χ0) is 12.1. The van der Waals surface area contributed by atoms with Gasteiger partial charge >= 0.3 is 0 Å². The minimum Gasteiger partial charge on any atom is -0.383 e. The van der Waals surface area contributed by atoms with Crippen molar-refractivity contribution in [1.82, 2.24) is 10.2 Å². The van der Waals surface area contributed by atoms with Crippen molar-refractivity contribution in [3.05, 3.63) is 0 Å². The highest BCUT2D eigenvalue weighted by atomic mass is 16.5. The Balaban J connectivity index is 1.79. The lowest BCUT2D eigenvalue weighted by molar-refractivity contribution is 0.0617. The molecule has 2 fully saturated rings. The van der Waals surface area contributed by atoms with Gasteiger partial charge in [0.05, 0.1) is 13.2 Å². The fraction of sp³-hybridized carbons (Fsp3) is 1.00. The average molecular weight is 242 g/mol. The number of hydrogen-bond acceptors (Lipinski definition) is 4. The van der Waals surface area contributed by atoms with E-state index in [-0.39, 0.29) is 0 Å². The molecule has 2 aliphatic rings. The molecule has 0 saturated heterocycles. The Morgan fingerprint density at radius 2 is 1.94 bits per heavy atom. The summed E-state index contributed by atoms with van der Waals surface area (Å²) in [6.07, 6.45) is 5.38. The van der Waals surface area contributed by atoms with Gasteiger partial charge in [-0.05, 0) is 25.7 Å². The molecular weight excluding hydrogens is 216 g/mol. The van der Waals surface area contributed by atoms with Gasteiger partial charge in [-0.3, -0.25) is 4.90 Å².